The quantitative estimate of drug-likeness (QED) is 0.640. The second-order valence-corrected chi connectivity index (χ2v) is 7.29. The van der Waals surface area contributed by atoms with E-state index in [1.165, 1.54) is 11.8 Å². The van der Waals surface area contributed by atoms with Crippen LogP contribution in [0.5, 0.6) is 0 Å². The Kier molecular flexibility index (Phi) is 5.85. The molecule has 0 fully saturated rings. The van der Waals surface area contributed by atoms with Gasteiger partial charge in [-0.05, 0) is 31.5 Å². The molecule has 3 aromatic rings. The van der Waals surface area contributed by atoms with E-state index >= 15 is 0 Å². The van der Waals surface area contributed by atoms with Crippen LogP contribution in [0.3, 0.4) is 0 Å². The molecule has 0 aliphatic rings. The molecule has 0 saturated carbocycles. The monoisotopic (exact) mass is 388 g/mol. The number of nitrogens with zero attached hydrogens (tertiary/aromatic N) is 3. The summed E-state index contributed by atoms with van der Waals surface area (Å²) in [7, 11) is 0. The summed E-state index contributed by atoms with van der Waals surface area (Å²) >= 11 is 1.20. The molecule has 2 unspecified atom stereocenters. The molecule has 5 nitrogen and oxygen atoms in total. The number of anilines is 1. The Bertz CT molecular complexity index is 932. The van der Waals surface area contributed by atoms with Crippen LogP contribution >= 0.6 is 11.8 Å². The van der Waals surface area contributed by atoms with Crippen LogP contribution in [0.1, 0.15) is 25.5 Å². The third-order valence-electron chi connectivity index (χ3n) is 4.08. The Labute approximate surface area is 159 Å². The number of hydrogen-bond donors (Lipinski definition) is 1. The molecule has 8 heteroatoms. The highest BCUT2D eigenvalue weighted by Crippen LogP contribution is 2.27. The van der Waals surface area contributed by atoms with Gasteiger partial charge in [-0.25, -0.2) is 8.78 Å². The number of thioether (sulfide) groups is 1. The molecule has 1 amide bonds. The lowest BCUT2D eigenvalue weighted by Crippen LogP contribution is -2.23. The van der Waals surface area contributed by atoms with Crippen LogP contribution in [0.25, 0.3) is 0 Å². The fourth-order valence-corrected chi connectivity index (χ4v) is 3.42. The van der Waals surface area contributed by atoms with Gasteiger partial charge in [0, 0.05) is 6.07 Å². The summed E-state index contributed by atoms with van der Waals surface area (Å²) in [4.78, 5) is 12.4. The Morgan fingerprint density at radius 2 is 1.89 bits per heavy atom. The Morgan fingerprint density at radius 3 is 2.63 bits per heavy atom. The maximum absolute atomic E-state index is 13.7. The zero-order valence-corrected chi connectivity index (χ0v) is 15.6. The van der Waals surface area contributed by atoms with Crippen molar-refractivity contribution in [3.63, 3.8) is 0 Å². The second-order valence-electron chi connectivity index (χ2n) is 5.98. The number of rotatable bonds is 6. The Morgan fingerprint density at radius 1 is 1.15 bits per heavy atom. The molecule has 140 valence electrons. The Hall–Kier alpha value is -2.74. The van der Waals surface area contributed by atoms with Gasteiger partial charge in [-0.15, -0.1) is 10.2 Å². The molecule has 2 aromatic carbocycles. The van der Waals surface area contributed by atoms with Gasteiger partial charge in [0.15, 0.2) is 5.16 Å². The van der Waals surface area contributed by atoms with Crippen molar-refractivity contribution < 1.29 is 13.6 Å². The topological polar surface area (TPSA) is 59.8 Å². The number of aromatic nitrogens is 3. The first kappa shape index (κ1) is 19.0. The van der Waals surface area contributed by atoms with Gasteiger partial charge in [0.05, 0.1) is 17.0 Å². The summed E-state index contributed by atoms with van der Waals surface area (Å²) in [5.41, 5.74) is 0.893. The van der Waals surface area contributed by atoms with Crippen LogP contribution < -0.4 is 5.32 Å². The lowest BCUT2D eigenvalue weighted by molar-refractivity contribution is -0.115. The highest BCUT2D eigenvalue weighted by molar-refractivity contribution is 8.00. The molecule has 27 heavy (non-hydrogen) atoms. The van der Waals surface area contributed by atoms with Gasteiger partial charge < -0.3 is 9.88 Å². The van der Waals surface area contributed by atoms with E-state index < -0.39 is 22.8 Å². The fraction of sp³-hybridized carbons (Fsp3) is 0.211. The predicted molar refractivity (Wildman–Crippen MR) is 101 cm³/mol. The normalized spacial score (nSPS) is 13.2. The zero-order chi connectivity index (χ0) is 19.4. The Balaban J connectivity index is 1.71. The summed E-state index contributed by atoms with van der Waals surface area (Å²) in [5.74, 6) is -1.77. The molecule has 3 rings (SSSR count). The van der Waals surface area contributed by atoms with Gasteiger partial charge in [-0.3, -0.25) is 4.79 Å². The minimum absolute atomic E-state index is 0.0142. The van der Waals surface area contributed by atoms with Crippen molar-refractivity contribution in [2.24, 2.45) is 0 Å². The minimum atomic E-state index is -0.692. The lowest BCUT2D eigenvalue weighted by Gasteiger charge is -2.17. The van der Waals surface area contributed by atoms with Gasteiger partial charge in [-0.2, -0.15) is 0 Å². The highest BCUT2D eigenvalue weighted by atomic mass is 32.2. The van der Waals surface area contributed by atoms with E-state index in [-0.39, 0.29) is 11.7 Å². The van der Waals surface area contributed by atoms with Crippen molar-refractivity contribution in [2.45, 2.75) is 30.3 Å². The van der Waals surface area contributed by atoms with Gasteiger partial charge in [-0.1, -0.05) is 42.1 Å². The van der Waals surface area contributed by atoms with Crippen LogP contribution in [0.4, 0.5) is 14.5 Å². The summed E-state index contributed by atoms with van der Waals surface area (Å²) in [6, 6.07) is 12.8. The van der Waals surface area contributed by atoms with Gasteiger partial charge in [0.25, 0.3) is 0 Å². The molecule has 0 spiro atoms. The average Bonchev–Trinajstić information content (AvgIpc) is 3.12. The van der Waals surface area contributed by atoms with E-state index in [2.05, 4.69) is 15.5 Å². The van der Waals surface area contributed by atoms with Crippen molar-refractivity contribution in [3.8, 4) is 0 Å². The number of nitrogens with one attached hydrogen (secondary N) is 1. The molecule has 0 aliphatic heterocycles. The molecule has 0 bridgehead atoms. The first-order chi connectivity index (χ1) is 13.0. The van der Waals surface area contributed by atoms with Gasteiger partial charge in [0.2, 0.25) is 5.91 Å². The molecule has 0 aliphatic carbocycles. The minimum Gasteiger partial charge on any atom is -0.323 e. The number of halogens is 2. The smallest absolute Gasteiger partial charge is 0.237 e. The highest BCUT2D eigenvalue weighted by Gasteiger charge is 2.21. The largest absolute Gasteiger partial charge is 0.323 e. The van der Waals surface area contributed by atoms with Crippen LogP contribution in [0.15, 0.2) is 60.0 Å². The van der Waals surface area contributed by atoms with Crippen molar-refractivity contribution in [3.05, 3.63) is 72.1 Å². The molecular weight excluding hydrogens is 370 g/mol. The maximum atomic E-state index is 13.7. The number of amides is 1. The fourth-order valence-electron chi connectivity index (χ4n) is 2.51. The van der Waals surface area contributed by atoms with E-state index in [4.69, 9.17) is 0 Å². The van der Waals surface area contributed by atoms with Crippen LogP contribution in [0.2, 0.25) is 0 Å². The number of hydrogen-bond acceptors (Lipinski definition) is 4. The predicted octanol–water partition coefficient (Wildman–Crippen LogP) is 4.28. The maximum Gasteiger partial charge on any atom is 0.237 e. The van der Waals surface area contributed by atoms with E-state index in [9.17, 15) is 13.6 Å². The number of carbonyl (C=O) groups excluding carboxylic acids is 1. The first-order valence-corrected chi connectivity index (χ1v) is 9.20. The van der Waals surface area contributed by atoms with Crippen LogP contribution in [0, 0.1) is 11.6 Å². The van der Waals surface area contributed by atoms with Crippen molar-refractivity contribution in [1.29, 1.82) is 0 Å². The zero-order valence-electron chi connectivity index (χ0n) is 14.8. The van der Waals surface area contributed by atoms with Crippen molar-refractivity contribution >= 4 is 23.4 Å². The lowest BCUT2D eigenvalue weighted by atomic mass is 10.1. The first-order valence-electron chi connectivity index (χ1n) is 8.32. The number of carbonyl (C=O) groups is 1. The molecule has 1 heterocycles. The molecule has 1 N–H and O–H groups in total. The molecule has 0 radical (unpaired) electrons. The van der Waals surface area contributed by atoms with E-state index in [0.29, 0.717) is 5.16 Å². The average molecular weight is 388 g/mol. The summed E-state index contributed by atoms with van der Waals surface area (Å²) in [6.45, 7) is 3.68. The second kappa shape index (κ2) is 8.30. The molecular formula is C19H18F2N4OS. The van der Waals surface area contributed by atoms with E-state index in [1.54, 1.807) is 13.3 Å². The van der Waals surface area contributed by atoms with E-state index in [0.717, 1.165) is 23.8 Å². The number of benzene rings is 2. The van der Waals surface area contributed by atoms with Crippen molar-refractivity contribution in [2.75, 3.05) is 5.32 Å². The summed E-state index contributed by atoms with van der Waals surface area (Å²) in [5, 5.41) is 10.4. The molecule has 0 saturated heterocycles. The molecule has 1 aromatic heterocycles. The van der Waals surface area contributed by atoms with E-state index in [1.807, 2.05) is 41.8 Å². The summed E-state index contributed by atoms with van der Waals surface area (Å²) < 4.78 is 28.8. The van der Waals surface area contributed by atoms with Crippen molar-refractivity contribution in [1.82, 2.24) is 14.8 Å². The summed E-state index contributed by atoms with van der Waals surface area (Å²) in [6.07, 6.45) is 1.61. The third kappa shape index (κ3) is 4.51. The SMILES string of the molecule is CC(Sc1nncn1C(C)c1ccccc1)C(=O)Nc1cc(F)ccc1F. The van der Waals surface area contributed by atoms with Crippen LogP contribution in [-0.4, -0.2) is 25.9 Å². The van der Waals surface area contributed by atoms with Gasteiger partial charge >= 0.3 is 0 Å². The third-order valence-corrected chi connectivity index (χ3v) is 5.15. The van der Waals surface area contributed by atoms with Crippen LogP contribution in [-0.2, 0) is 4.79 Å². The van der Waals surface area contributed by atoms with Gasteiger partial charge in [0.1, 0.15) is 18.0 Å². The molecule has 2 atom stereocenters. The standard InChI is InChI=1S/C19H18F2N4OS/c1-12(14-6-4-3-5-7-14)25-11-22-24-19(25)27-13(2)18(26)23-17-10-15(20)8-9-16(17)21/h3-13H,1-2H3,(H,23,26).